The lowest BCUT2D eigenvalue weighted by Crippen LogP contribution is -2.24. The van der Waals surface area contributed by atoms with Crippen LogP contribution in [0.5, 0.6) is 17.2 Å². The molecule has 0 radical (unpaired) electrons. The van der Waals surface area contributed by atoms with Gasteiger partial charge in [-0.15, -0.1) is 0 Å². The molecule has 2 rings (SSSR count). The lowest BCUT2D eigenvalue weighted by molar-refractivity contribution is -0.123. The first kappa shape index (κ1) is 19.7. The fraction of sp³-hybridized carbons (Fsp3) is 0.125. The van der Waals surface area contributed by atoms with Gasteiger partial charge in [-0.3, -0.25) is 4.79 Å². The number of nitrogens with zero attached hydrogens (tertiary/aromatic N) is 1. The first-order valence-electron chi connectivity index (χ1n) is 6.87. The number of aromatic hydroxyl groups is 1. The second-order valence-electron chi connectivity index (χ2n) is 4.70. The van der Waals surface area contributed by atoms with Crippen molar-refractivity contribution in [2.45, 2.75) is 0 Å². The van der Waals surface area contributed by atoms with Gasteiger partial charge in [-0.1, -0.05) is 15.9 Å². The molecule has 0 bridgehead atoms. The number of carbonyl (C=O) groups excluding carboxylic acids is 1. The fourth-order valence-corrected chi connectivity index (χ4v) is 3.49. The van der Waals surface area contributed by atoms with Gasteiger partial charge in [-0.05, 0) is 62.2 Å². The van der Waals surface area contributed by atoms with Crippen molar-refractivity contribution >= 4 is 59.9 Å². The quantitative estimate of drug-likeness (QED) is 0.428. The van der Waals surface area contributed by atoms with Crippen molar-refractivity contribution in [2.75, 3.05) is 13.7 Å². The molecule has 2 N–H and O–H groups in total. The highest BCUT2D eigenvalue weighted by atomic mass is 79.9. The molecule has 0 atom stereocenters. The number of methoxy groups -OCH3 is 1. The number of phenols is 1. The molecule has 0 saturated carbocycles. The third kappa shape index (κ3) is 5.72. The van der Waals surface area contributed by atoms with Crippen LogP contribution in [0.2, 0.25) is 0 Å². The van der Waals surface area contributed by atoms with Gasteiger partial charge in [-0.2, -0.15) is 5.10 Å². The largest absolute Gasteiger partial charge is 0.506 e. The molecule has 2 aromatic rings. The molecule has 1 amide bonds. The van der Waals surface area contributed by atoms with E-state index >= 15 is 0 Å². The highest BCUT2D eigenvalue weighted by molar-refractivity contribution is 9.11. The second-order valence-corrected chi connectivity index (χ2v) is 7.33. The van der Waals surface area contributed by atoms with Crippen molar-refractivity contribution < 1.29 is 19.4 Å². The van der Waals surface area contributed by atoms with Gasteiger partial charge in [0.15, 0.2) is 6.61 Å². The highest BCUT2D eigenvalue weighted by Crippen LogP contribution is 2.30. The third-order valence-electron chi connectivity index (χ3n) is 2.95. The molecule has 25 heavy (non-hydrogen) atoms. The smallest absolute Gasteiger partial charge is 0.277 e. The minimum absolute atomic E-state index is 0.0274. The lowest BCUT2D eigenvalue weighted by atomic mass is 10.2. The number of ether oxygens (including phenoxy) is 2. The maximum atomic E-state index is 11.8. The summed E-state index contributed by atoms with van der Waals surface area (Å²) in [6.45, 7) is -0.212. The van der Waals surface area contributed by atoms with E-state index in [4.69, 9.17) is 9.47 Å². The lowest BCUT2D eigenvalue weighted by Gasteiger charge is -2.08. The van der Waals surface area contributed by atoms with Crippen molar-refractivity contribution in [3.8, 4) is 17.2 Å². The molecule has 0 unspecified atom stereocenters. The average Bonchev–Trinajstić information content (AvgIpc) is 2.57. The number of carbonyl (C=O) groups is 1. The van der Waals surface area contributed by atoms with Gasteiger partial charge < -0.3 is 14.6 Å². The minimum atomic E-state index is -0.437. The van der Waals surface area contributed by atoms with Crippen LogP contribution in [0.25, 0.3) is 0 Å². The Bertz CT molecular complexity index is 812. The number of benzene rings is 2. The van der Waals surface area contributed by atoms with Gasteiger partial charge in [0, 0.05) is 10.0 Å². The highest BCUT2D eigenvalue weighted by Gasteiger charge is 2.07. The molecule has 0 aliphatic carbocycles. The van der Waals surface area contributed by atoms with E-state index in [9.17, 15) is 9.90 Å². The molecule has 6 nitrogen and oxygen atoms in total. The predicted molar refractivity (Wildman–Crippen MR) is 105 cm³/mol. The van der Waals surface area contributed by atoms with Crippen molar-refractivity contribution in [3.63, 3.8) is 0 Å². The Balaban J connectivity index is 1.91. The Morgan fingerprint density at radius 1 is 1.24 bits per heavy atom. The van der Waals surface area contributed by atoms with Crippen LogP contribution in [-0.4, -0.2) is 30.9 Å². The van der Waals surface area contributed by atoms with Crippen molar-refractivity contribution in [1.82, 2.24) is 5.43 Å². The number of phenolic OH excluding ortho intramolecular Hbond substituents is 1. The van der Waals surface area contributed by atoms with Crippen LogP contribution in [0, 0.1) is 0 Å². The van der Waals surface area contributed by atoms with E-state index in [1.54, 1.807) is 37.4 Å². The van der Waals surface area contributed by atoms with E-state index in [1.807, 2.05) is 0 Å². The molecule has 2 aromatic carbocycles. The van der Waals surface area contributed by atoms with Gasteiger partial charge in [0.2, 0.25) is 0 Å². The molecule has 0 aliphatic rings. The van der Waals surface area contributed by atoms with Crippen molar-refractivity contribution in [3.05, 3.63) is 49.3 Å². The summed E-state index contributed by atoms with van der Waals surface area (Å²) in [5.41, 5.74) is 2.78. The molecule has 0 heterocycles. The summed E-state index contributed by atoms with van der Waals surface area (Å²) >= 11 is 9.88. The fourth-order valence-electron chi connectivity index (χ4n) is 1.76. The monoisotopic (exact) mass is 534 g/mol. The Morgan fingerprint density at radius 3 is 2.68 bits per heavy atom. The summed E-state index contributed by atoms with van der Waals surface area (Å²) in [6.07, 6.45) is 1.34. The van der Waals surface area contributed by atoms with E-state index in [-0.39, 0.29) is 12.4 Å². The Labute approximate surface area is 169 Å². The SMILES string of the molecule is COc1ccc(OCC(=O)N/N=C/c2cc(Br)cc(Br)c2O)c(Br)c1. The number of rotatable bonds is 6. The zero-order chi connectivity index (χ0) is 18.4. The summed E-state index contributed by atoms with van der Waals surface area (Å²) in [7, 11) is 1.56. The zero-order valence-electron chi connectivity index (χ0n) is 12.9. The number of nitrogens with one attached hydrogen (secondary N) is 1. The summed E-state index contributed by atoms with van der Waals surface area (Å²) in [5, 5.41) is 13.7. The van der Waals surface area contributed by atoms with Crippen LogP contribution in [-0.2, 0) is 4.79 Å². The van der Waals surface area contributed by atoms with Crippen LogP contribution < -0.4 is 14.9 Å². The van der Waals surface area contributed by atoms with Crippen LogP contribution in [0.1, 0.15) is 5.56 Å². The summed E-state index contributed by atoms with van der Waals surface area (Å²) in [5.74, 6) is 0.772. The number of hydrazone groups is 1. The van der Waals surface area contributed by atoms with E-state index in [0.29, 0.717) is 26.0 Å². The second kappa shape index (κ2) is 9.21. The van der Waals surface area contributed by atoms with Gasteiger partial charge in [0.05, 0.1) is 22.3 Å². The first-order valence-corrected chi connectivity index (χ1v) is 9.25. The van der Waals surface area contributed by atoms with E-state index in [1.165, 1.54) is 6.21 Å². The first-order chi connectivity index (χ1) is 11.9. The molecule has 0 fully saturated rings. The molecule has 132 valence electrons. The molecule has 0 aliphatic heterocycles. The zero-order valence-corrected chi connectivity index (χ0v) is 17.7. The Hall–Kier alpha value is -1.58. The molecular weight excluding hydrogens is 524 g/mol. The van der Waals surface area contributed by atoms with Crippen LogP contribution in [0.4, 0.5) is 0 Å². The molecule has 0 aromatic heterocycles. The van der Waals surface area contributed by atoms with E-state index < -0.39 is 5.91 Å². The number of hydrogen-bond donors (Lipinski definition) is 2. The molecule has 0 spiro atoms. The standard InChI is InChI=1S/C16H13Br3N2O4/c1-24-11-2-3-14(12(18)6-11)25-8-15(22)21-20-7-9-4-10(17)5-13(19)16(9)23/h2-7,23H,8H2,1H3,(H,21,22)/b20-7+. The van der Waals surface area contributed by atoms with Crippen LogP contribution in [0.15, 0.2) is 48.9 Å². The Kier molecular flexibility index (Phi) is 7.27. The number of amides is 1. The predicted octanol–water partition coefficient (Wildman–Crippen LogP) is 4.22. The van der Waals surface area contributed by atoms with Crippen molar-refractivity contribution in [2.24, 2.45) is 5.10 Å². The number of halogens is 3. The third-order valence-corrected chi connectivity index (χ3v) is 4.63. The van der Waals surface area contributed by atoms with Gasteiger partial charge >= 0.3 is 0 Å². The van der Waals surface area contributed by atoms with Gasteiger partial charge in [0.25, 0.3) is 5.91 Å². The van der Waals surface area contributed by atoms with Crippen LogP contribution in [0.3, 0.4) is 0 Å². The maximum Gasteiger partial charge on any atom is 0.277 e. The van der Waals surface area contributed by atoms with Crippen molar-refractivity contribution in [1.29, 1.82) is 0 Å². The molecular formula is C16H13Br3N2O4. The normalized spacial score (nSPS) is 10.7. The minimum Gasteiger partial charge on any atom is -0.506 e. The van der Waals surface area contributed by atoms with E-state index in [0.717, 1.165) is 4.47 Å². The van der Waals surface area contributed by atoms with Gasteiger partial charge in [0.1, 0.15) is 17.2 Å². The Morgan fingerprint density at radius 2 is 2.00 bits per heavy atom. The maximum absolute atomic E-state index is 11.8. The summed E-state index contributed by atoms with van der Waals surface area (Å²) in [6, 6.07) is 8.52. The average molecular weight is 537 g/mol. The van der Waals surface area contributed by atoms with E-state index in [2.05, 4.69) is 58.3 Å². The topological polar surface area (TPSA) is 80.2 Å². The number of hydrogen-bond acceptors (Lipinski definition) is 5. The summed E-state index contributed by atoms with van der Waals surface area (Å²) in [4.78, 5) is 11.8. The summed E-state index contributed by atoms with van der Waals surface area (Å²) < 4.78 is 12.4. The molecule has 9 heteroatoms. The van der Waals surface area contributed by atoms with Gasteiger partial charge in [-0.25, -0.2) is 5.43 Å². The van der Waals surface area contributed by atoms with Crippen LogP contribution >= 0.6 is 47.8 Å². The molecule has 0 saturated heterocycles.